The van der Waals surface area contributed by atoms with Crippen LogP contribution in [-0.4, -0.2) is 141 Å². The number of nitrogens with zero attached hydrogens (tertiary/aromatic N) is 15. The van der Waals surface area contributed by atoms with Gasteiger partial charge in [0.2, 0.25) is 0 Å². The Kier molecular flexibility index (Phi) is 22.3. The van der Waals surface area contributed by atoms with E-state index in [9.17, 15) is 0 Å². The first-order chi connectivity index (χ1) is 59.4. The molecule has 6 spiro atoms. The van der Waals surface area contributed by atoms with Crippen LogP contribution in [0.5, 0.6) is 0 Å². The van der Waals surface area contributed by atoms with Crippen LogP contribution in [0.15, 0.2) is 254 Å². The molecule has 610 valence electrons. The van der Waals surface area contributed by atoms with Gasteiger partial charge in [0.25, 0.3) is 0 Å². The minimum absolute atomic E-state index is 0.101. The number of amidine groups is 2. The Morgan fingerprint density at radius 1 is 0.347 bits per heavy atom. The van der Waals surface area contributed by atoms with Crippen molar-refractivity contribution in [3.63, 3.8) is 0 Å². The van der Waals surface area contributed by atoms with Crippen molar-refractivity contribution >= 4 is 48.0 Å². The molecule has 19 heteroatoms. The third-order valence-corrected chi connectivity index (χ3v) is 28.1. The maximum Gasteiger partial charge on any atom is 0.134 e. The Labute approximate surface area is 714 Å². The first kappa shape index (κ1) is 78.9. The van der Waals surface area contributed by atoms with E-state index < -0.39 is 0 Å². The predicted molar refractivity (Wildman–Crippen MR) is 489 cm³/mol. The van der Waals surface area contributed by atoms with Crippen molar-refractivity contribution in [2.75, 3.05) is 26.7 Å². The Morgan fingerprint density at radius 2 is 0.686 bits per heavy atom. The normalized spacial score (nSPS) is 24.0. The summed E-state index contributed by atoms with van der Waals surface area (Å²) in [4.78, 5) is 63.6. The van der Waals surface area contributed by atoms with E-state index in [0.29, 0.717) is 0 Å². The van der Waals surface area contributed by atoms with Crippen LogP contribution in [0.25, 0.3) is 67.0 Å². The number of furan rings is 1. The van der Waals surface area contributed by atoms with Gasteiger partial charge in [-0.1, -0.05) is 109 Å². The summed E-state index contributed by atoms with van der Waals surface area (Å²) in [7, 11) is 2.10. The van der Waals surface area contributed by atoms with Gasteiger partial charge in [-0.25, -0.2) is 39.9 Å². The molecule has 0 bridgehead atoms. The van der Waals surface area contributed by atoms with E-state index in [1.165, 1.54) is 152 Å². The molecule has 6 aliphatic heterocycles. The van der Waals surface area contributed by atoms with Gasteiger partial charge < -0.3 is 20.0 Å². The molecule has 0 saturated carbocycles. The molecule has 0 amide bonds. The maximum atomic E-state index is 5.58. The van der Waals surface area contributed by atoms with Crippen LogP contribution in [0.4, 0.5) is 0 Å². The lowest BCUT2D eigenvalue weighted by atomic mass is 9.75. The smallest absolute Gasteiger partial charge is 0.134 e. The zero-order valence-electron chi connectivity index (χ0n) is 69.7. The molecular formula is C102H105N17OS. The van der Waals surface area contributed by atoms with Gasteiger partial charge in [-0.2, -0.15) is 11.3 Å². The number of aliphatic imine (C=N–C) groups is 6. The molecule has 6 atom stereocenters. The lowest BCUT2D eigenvalue weighted by Crippen LogP contribution is -2.49. The number of rotatable bonds is 6. The molecule has 6 aromatic carbocycles. The highest BCUT2D eigenvalue weighted by Crippen LogP contribution is 2.47. The number of fused-ring (bicyclic) bond motifs is 6. The van der Waals surface area contributed by atoms with Gasteiger partial charge >= 0.3 is 0 Å². The molecule has 6 aromatic heterocycles. The Hall–Kier alpha value is -12.0. The van der Waals surface area contributed by atoms with Gasteiger partial charge in [0.05, 0.1) is 70.6 Å². The Bertz CT molecular complexity index is 5650. The highest BCUT2D eigenvalue weighted by atomic mass is 32.1. The fourth-order valence-corrected chi connectivity index (χ4v) is 22.2. The number of aromatic nitrogens is 8. The summed E-state index contributed by atoms with van der Waals surface area (Å²) in [5.41, 5.74) is 32.2. The zero-order chi connectivity index (χ0) is 81.7. The monoisotopic (exact) mass is 1620 g/mol. The number of benzene rings is 6. The minimum atomic E-state index is 0.101. The van der Waals surface area contributed by atoms with E-state index in [-0.39, 0.29) is 33.2 Å². The van der Waals surface area contributed by atoms with E-state index in [0.717, 1.165) is 162 Å². The lowest BCUT2D eigenvalue weighted by Gasteiger charge is -2.35. The van der Waals surface area contributed by atoms with Crippen molar-refractivity contribution in [2.45, 2.75) is 201 Å². The number of likely N-dealkylation sites (N-methyl/N-ethyl adjacent to an activating group) is 1. The van der Waals surface area contributed by atoms with Gasteiger partial charge in [0.15, 0.2) is 0 Å². The molecule has 24 rings (SSSR count). The summed E-state index contributed by atoms with van der Waals surface area (Å²) in [6.45, 7) is 6.95. The summed E-state index contributed by atoms with van der Waals surface area (Å²) in [5.74, 6) is 3.13. The van der Waals surface area contributed by atoms with E-state index >= 15 is 0 Å². The summed E-state index contributed by atoms with van der Waals surface area (Å²) in [5, 5.41) is 11.6. The van der Waals surface area contributed by atoms with Crippen molar-refractivity contribution in [1.82, 2.24) is 55.4 Å². The molecule has 12 aromatic rings. The molecule has 0 radical (unpaired) electrons. The second-order valence-corrected chi connectivity index (χ2v) is 36.2. The van der Waals surface area contributed by atoms with Gasteiger partial charge in [-0.3, -0.25) is 30.0 Å². The quantitative estimate of drug-likeness (QED) is 0.159. The molecule has 121 heavy (non-hydrogen) atoms. The summed E-state index contributed by atoms with van der Waals surface area (Å²) in [6.07, 6.45) is 58.7. The second kappa shape index (κ2) is 34.3. The maximum absolute atomic E-state index is 5.58. The predicted octanol–water partition coefficient (Wildman–Crippen LogP) is 18.9. The standard InChI is InChI=1S/2C17H18N4.2C17H17N3.C17H18N2O.C17H17NS/c2*1-12-20-10-17(21-12)6-5-16-13(7-17)3-2-4-15(16)14-8-18-11-19-9-14;2*1-3-13-9-17(6-2-8-20-17)7-5-16(13)15(4-1)14-10-18-12-19-11-14;1-19-11-17(18-12-19)8-7-14-13(10-17)4-2-5-15(14)16-6-3-9-20-16;1-3-13-11-17(7-2-9-18-17)8-5-16(13)15(4-1)14-6-10-19-12-14/h2*2-4,8-9,11H,5-7,10H2,1H3,(H,20,21);2*1,3-4,8,10-12H,2,5-7,9H2;2-6,9,12H,7-8,10-11H2,1H3;1,3-4,6,9-10,12H,2,5,7-8,11H2/t6*17-/m101000/s1. The minimum Gasteiger partial charge on any atom is -0.464 e. The lowest BCUT2D eigenvalue weighted by molar-refractivity contribution is 0.336. The molecule has 2 N–H and O–H groups in total. The molecule has 0 saturated heterocycles. The van der Waals surface area contributed by atoms with E-state index in [1.54, 1.807) is 48.5 Å². The van der Waals surface area contributed by atoms with Crippen LogP contribution in [-0.2, 0) is 77.0 Å². The first-order valence-electron chi connectivity index (χ1n) is 43.5. The van der Waals surface area contributed by atoms with E-state index in [1.807, 2.05) is 68.0 Å². The van der Waals surface area contributed by atoms with E-state index in [4.69, 9.17) is 24.4 Å². The van der Waals surface area contributed by atoms with Crippen LogP contribution in [0.1, 0.15) is 158 Å². The number of nitrogens with one attached hydrogen (secondary N) is 2. The average Bonchev–Trinajstić information content (AvgIpc) is 1.80. The molecule has 0 fully saturated rings. The van der Waals surface area contributed by atoms with Crippen molar-refractivity contribution in [3.05, 3.63) is 286 Å². The summed E-state index contributed by atoms with van der Waals surface area (Å²) >= 11 is 1.78. The highest BCUT2D eigenvalue weighted by molar-refractivity contribution is 7.08. The Balaban J connectivity index is 0.0000000958. The van der Waals surface area contributed by atoms with Gasteiger partial charge in [-0.15, -0.1) is 0 Å². The van der Waals surface area contributed by atoms with Gasteiger partial charge in [0, 0.05) is 91.0 Å². The van der Waals surface area contributed by atoms with Crippen LogP contribution in [0.2, 0.25) is 0 Å². The molecule has 6 aliphatic carbocycles. The highest BCUT2D eigenvalue weighted by Gasteiger charge is 2.43. The molecule has 0 unspecified atom stereocenters. The van der Waals surface area contributed by atoms with Crippen molar-refractivity contribution in [1.29, 1.82) is 0 Å². The first-order valence-corrected chi connectivity index (χ1v) is 44.5. The summed E-state index contributed by atoms with van der Waals surface area (Å²) < 4.78 is 5.58. The third kappa shape index (κ3) is 16.9. The molecule has 18 nitrogen and oxygen atoms in total. The molecular weight excluding hydrogens is 1510 g/mol. The summed E-state index contributed by atoms with van der Waals surface area (Å²) in [6, 6.07) is 45.9. The SMILES string of the molecule is C1=N[C@@]2(CC1)CCc1c(cccc1-c1ccsc1)C2.C1=N[C@@]2(CC1)CCc1c(cccc1-c1cncnc1)C2.C1=N[C@]2(CC1)CCc1c(cccc1-c1cncnc1)C2.CC1=NC[C@@]2(CCc3c(cccc3-c3cncnc3)C2)N1.CC1=NC[C@]2(CCc3c(cccc3-c3cncnc3)C2)N1.CN1C=N[C@]2(CCc3c(cccc3-c3ccco3)C2)C1. The average molecular weight is 1620 g/mol. The van der Waals surface area contributed by atoms with Gasteiger partial charge in [-0.05, 0) is 316 Å². The fourth-order valence-electron chi connectivity index (χ4n) is 21.5. The zero-order valence-corrected chi connectivity index (χ0v) is 70.5. The van der Waals surface area contributed by atoms with Crippen molar-refractivity contribution in [3.8, 4) is 67.0 Å². The van der Waals surface area contributed by atoms with E-state index in [2.05, 4.69) is 231 Å². The van der Waals surface area contributed by atoms with Crippen LogP contribution >= 0.6 is 11.3 Å². The third-order valence-electron chi connectivity index (χ3n) is 27.5. The van der Waals surface area contributed by atoms with Crippen molar-refractivity contribution in [2.24, 2.45) is 30.0 Å². The van der Waals surface area contributed by atoms with Crippen LogP contribution < -0.4 is 10.6 Å². The van der Waals surface area contributed by atoms with Crippen molar-refractivity contribution < 1.29 is 4.42 Å². The number of thiophene rings is 1. The number of hydrogen-bond donors (Lipinski definition) is 2. The molecule has 12 heterocycles. The topological polar surface area (TPSA) is 218 Å². The fraction of sp³-hybridized carbons (Fsp3) is 0.353. The van der Waals surface area contributed by atoms with Crippen LogP contribution in [0, 0.1) is 0 Å². The molecule has 12 aliphatic rings. The van der Waals surface area contributed by atoms with Gasteiger partial charge in [0.1, 0.15) is 31.1 Å². The largest absolute Gasteiger partial charge is 0.464 e. The van der Waals surface area contributed by atoms with Crippen LogP contribution in [0.3, 0.4) is 0 Å². The number of hydrogen-bond acceptors (Lipinski definition) is 19. The Morgan fingerprint density at radius 3 is 1.00 bits per heavy atom. The second-order valence-electron chi connectivity index (χ2n) is 35.4.